The van der Waals surface area contributed by atoms with E-state index >= 15 is 0 Å². The van der Waals surface area contributed by atoms with Crippen molar-refractivity contribution in [3.63, 3.8) is 0 Å². The van der Waals surface area contributed by atoms with E-state index in [1.165, 1.54) is 13.2 Å². The minimum Gasteiger partial charge on any atom is -0.493 e. The fraction of sp³-hybridized carbons (Fsp3) is 0.346. The number of terminal acetylenes is 1. The first-order valence-corrected chi connectivity index (χ1v) is 13.4. The van der Waals surface area contributed by atoms with Crippen LogP contribution in [0.1, 0.15) is 58.2 Å². The molecular formula is C26H28N2O7S. The molecule has 190 valence electrons. The number of nitrogens with zero attached hydrogens (tertiary/aromatic N) is 1. The van der Waals surface area contributed by atoms with Gasteiger partial charge in [-0.1, -0.05) is 19.1 Å². The molecule has 36 heavy (non-hydrogen) atoms. The third-order valence-corrected chi connectivity index (χ3v) is 6.61. The number of carbonyl (C=O) groups excluding carboxylic acids is 3. The zero-order chi connectivity index (χ0) is 26.6. The molecule has 2 aromatic carbocycles. The van der Waals surface area contributed by atoms with Gasteiger partial charge in [0.15, 0.2) is 11.5 Å². The van der Waals surface area contributed by atoms with Crippen LogP contribution in [0.5, 0.6) is 11.5 Å². The van der Waals surface area contributed by atoms with E-state index in [1.54, 1.807) is 38.1 Å². The maximum absolute atomic E-state index is 13.7. The Morgan fingerprint density at radius 3 is 2.39 bits per heavy atom. The van der Waals surface area contributed by atoms with E-state index in [1.807, 2.05) is 0 Å². The number of nitrogens with one attached hydrogen (secondary N) is 1. The van der Waals surface area contributed by atoms with Crippen molar-refractivity contribution in [3.8, 4) is 23.8 Å². The lowest BCUT2D eigenvalue weighted by Gasteiger charge is -2.27. The van der Waals surface area contributed by atoms with Crippen LogP contribution in [0.15, 0.2) is 30.3 Å². The van der Waals surface area contributed by atoms with Gasteiger partial charge in [-0.2, -0.15) is 0 Å². The van der Waals surface area contributed by atoms with Crippen LogP contribution in [0.4, 0.5) is 5.69 Å². The van der Waals surface area contributed by atoms with Crippen LogP contribution < -0.4 is 14.8 Å². The molecule has 0 radical (unpaired) electrons. The summed E-state index contributed by atoms with van der Waals surface area (Å²) in [6, 6.07) is 6.69. The first-order valence-electron chi connectivity index (χ1n) is 11.3. The first-order chi connectivity index (χ1) is 17.1. The van der Waals surface area contributed by atoms with Crippen molar-refractivity contribution in [2.24, 2.45) is 0 Å². The van der Waals surface area contributed by atoms with Gasteiger partial charge in [0.1, 0.15) is 9.84 Å². The van der Waals surface area contributed by atoms with Gasteiger partial charge in [-0.3, -0.25) is 19.3 Å². The normalized spacial score (nSPS) is 13.7. The molecule has 0 aromatic heterocycles. The molecule has 3 amide bonds. The second-order valence-electron chi connectivity index (χ2n) is 8.24. The largest absolute Gasteiger partial charge is 0.493 e. The van der Waals surface area contributed by atoms with E-state index in [4.69, 9.17) is 15.9 Å². The highest BCUT2D eigenvalue weighted by atomic mass is 32.2. The summed E-state index contributed by atoms with van der Waals surface area (Å²) >= 11 is 0. The second-order valence-corrected chi connectivity index (χ2v) is 10.4. The summed E-state index contributed by atoms with van der Waals surface area (Å²) in [6.07, 6.45) is 6.75. The van der Waals surface area contributed by atoms with Gasteiger partial charge in [-0.15, -0.1) is 12.3 Å². The maximum Gasteiger partial charge on any atom is 0.264 e. The summed E-state index contributed by atoms with van der Waals surface area (Å²) in [5.74, 6) is 0.972. The van der Waals surface area contributed by atoms with E-state index < -0.39 is 33.4 Å². The Bertz CT molecular complexity index is 1360. The average molecular weight is 513 g/mol. The number of fused-ring (bicyclic) bond motifs is 1. The Morgan fingerprint density at radius 1 is 1.11 bits per heavy atom. The van der Waals surface area contributed by atoms with Gasteiger partial charge in [0.05, 0.1) is 42.3 Å². The summed E-state index contributed by atoms with van der Waals surface area (Å²) < 4.78 is 35.8. The first kappa shape index (κ1) is 26.8. The number of imide groups is 1. The number of rotatable bonds is 10. The maximum atomic E-state index is 13.7. The summed E-state index contributed by atoms with van der Waals surface area (Å²) in [5.41, 5.74) is 1.03. The van der Waals surface area contributed by atoms with Crippen LogP contribution in [0, 0.1) is 12.3 Å². The topological polar surface area (TPSA) is 119 Å². The zero-order valence-corrected chi connectivity index (χ0v) is 21.4. The number of methoxy groups -OCH3 is 1. The van der Waals surface area contributed by atoms with Crippen LogP contribution in [-0.4, -0.2) is 56.8 Å². The number of ether oxygens (including phenoxy) is 2. The molecule has 0 bridgehead atoms. The number of anilines is 1. The van der Waals surface area contributed by atoms with Crippen molar-refractivity contribution in [1.82, 2.24) is 4.90 Å². The van der Waals surface area contributed by atoms with Crippen molar-refractivity contribution >= 4 is 33.2 Å². The highest BCUT2D eigenvalue weighted by Crippen LogP contribution is 2.40. The molecule has 0 unspecified atom stereocenters. The lowest BCUT2D eigenvalue weighted by Crippen LogP contribution is -2.38. The van der Waals surface area contributed by atoms with Crippen LogP contribution in [0.2, 0.25) is 0 Å². The molecule has 1 heterocycles. The smallest absolute Gasteiger partial charge is 0.264 e. The van der Waals surface area contributed by atoms with Gasteiger partial charge in [0.25, 0.3) is 11.8 Å². The third-order valence-electron chi connectivity index (χ3n) is 5.69. The van der Waals surface area contributed by atoms with Gasteiger partial charge in [0, 0.05) is 19.1 Å². The van der Waals surface area contributed by atoms with Crippen molar-refractivity contribution in [2.45, 2.75) is 32.7 Å². The highest BCUT2D eigenvalue weighted by Gasteiger charge is 2.44. The Kier molecular flexibility index (Phi) is 8.05. The number of hydrogen-bond acceptors (Lipinski definition) is 7. The predicted octanol–water partition coefficient (Wildman–Crippen LogP) is 3.00. The van der Waals surface area contributed by atoms with Crippen molar-refractivity contribution in [2.75, 3.05) is 31.0 Å². The molecule has 0 saturated heterocycles. The average Bonchev–Trinajstić information content (AvgIpc) is 3.09. The Morgan fingerprint density at radius 2 is 1.81 bits per heavy atom. The van der Waals surface area contributed by atoms with Crippen molar-refractivity contribution in [3.05, 3.63) is 52.6 Å². The van der Waals surface area contributed by atoms with Crippen LogP contribution in [0.3, 0.4) is 0 Å². The quantitative estimate of drug-likeness (QED) is 0.384. The zero-order valence-electron chi connectivity index (χ0n) is 20.6. The molecule has 2 aromatic rings. The summed E-state index contributed by atoms with van der Waals surface area (Å²) in [5, 5.41) is 2.66. The number of carbonyl (C=O) groups is 3. The molecular weight excluding hydrogens is 484 g/mol. The van der Waals surface area contributed by atoms with Gasteiger partial charge in [-0.25, -0.2) is 8.42 Å². The van der Waals surface area contributed by atoms with Crippen LogP contribution >= 0.6 is 0 Å². The van der Waals surface area contributed by atoms with Gasteiger partial charge in [-0.05, 0) is 36.2 Å². The summed E-state index contributed by atoms with van der Waals surface area (Å²) in [6.45, 7) is 3.76. The van der Waals surface area contributed by atoms with Crippen molar-refractivity contribution < 1.29 is 32.3 Å². The molecule has 0 spiro atoms. The minimum atomic E-state index is -3.66. The Labute approximate surface area is 210 Å². The number of hydrogen-bond donors (Lipinski definition) is 1. The molecule has 0 aliphatic carbocycles. The van der Waals surface area contributed by atoms with Crippen LogP contribution in [-0.2, 0) is 21.1 Å². The lowest BCUT2D eigenvalue weighted by molar-refractivity contribution is -0.115. The van der Waals surface area contributed by atoms with E-state index in [2.05, 4.69) is 11.2 Å². The molecule has 10 heteroatoms. The van der Waals surface area contributed by atoms with E-state index in [0.717, 1.165) is 11.2 Å². The van der Waals surface area contributed by atoms with E-state index in [-0.39, 0.29) is 35.6 Å². The second kappa shape index (κ2) is 10.8. The highest BCUT2D eigenvalue weighted by molar-refractivity contribution is 7.90. The number of amides is 3. The van der Waals surface area contributed by atoms with E-state index in [9.17, 15) is 22.8 Å². The molecule has 1 aliphatic heterocycles. The van der Waals surface area contributed by atoms with Gasteiger partial charge < -0.3 is 14.8 Å². The van der Waals surface area contributed by atoms with Gasteiger partial charge in [0.2, 0.25) is 5.91 Å². The Balaban J connectivity index is 2.21. The monoisotopic (exact) mass is 512 g/mol. The van der Waals surface area contributed by atoms with Crippen molar-refractivity contribution in [1.29, 1.82) is 0 Å². The molecule has 1 atom stereocenters. The molecule has 1 N–H and O–H groups in total. The predicted molar refractivity (Wildman–Crippen MR) is 135 cm³/mol. The Hall–Kier alpha value is -3.84. The number of benzene rings is 2. The third kappa shape index (κ3) is 5.36. The summed E-state index contributed by atoms with van der Waals surface area (Å²) in [7, 11) is -2.19. The van der Waals surface area contributed by atoms with E-state index in [0.29, 0.717) is 29.2 Å². The van der Waals surface area contributed by atoms with Gasteiger partial charge >= 0.3 is 0 Å². The fourth-order valence-corrected chi connectivity index (χ4v) is 5.02. The minimum absolute atomic E-state index is 0.00778. The van der Waals surface area contributed by atoms with Crippen LogP contribution in [0.25, 0.3) is 0 Å². The molecule has 1 aliphatic rings. The lowest BCUT2D eigenvalue weighted by atomic mass is 9.98. The SMILES string of the molecule is C#CCc1ccc(NC(=O)CC)c2c1C(=O)N([C@H](CS(C)(=O)=O)c1ccc(OC)c(OCC)c1)C2=O. The summed E-state index contributed by atoms with van der Waals surface area (Å²) in [4.78, 5) is 40.5. The molecule has 0 saturated carbocycles. The number of sulfone groups is 1. The molecule has 3 rings (SSSR count). The standard InChI is InChI=1S/C26H28N2O7S/c1-6-9-16-10-12-18(27-22(29)7-2)24-23(16)25(30)28(26(24)31)19(15-36(5,32)33)17-11-13-20(34-4)21(14-17)35-8-3/h1,10-14,19H,7-9,15H2,2-5H3,(H,27,29)/t19-/m1/s1. The molecule has 0 fully saturated rings. The fourth-order valence-electron chi connectivity index (χ4n) is 4.10. The molecule has 9 nitrogen and oxygen atoms in total.